The van der Waals surface area contributed by atoms with Crippen LogP contribution in [0.2, 0.25) is 0 Å². The van der Waals surface area contributed by atoms with Crippen LogP contribution in [0.15, 0.2) is 36.7 Å². The van der Waals surface area contributed by atoms with Gasteiger partial charge in [0.05, 0.1) is 23.6 Å². The average molecular weight is 323 g/mol. The Bertz CT molecular complexity index is 1100. The minimum atomic E-state index is -0.302. The summed E-state index contributed by atoms with van der Waals surface area (Å²) in [6, 6.07) is 6.63. The van der Waals surface area contributed by atoms with E-state index in [-0.39, 0.29) is 11.6 Å². The number of benzene rings is 1. The van der Waals surface area contributed by atoms with Crippen molar-refractivity contribution in [1.82, 2.24) is 24.4 Å². The van der Waals surface area contributed by atoms with Gasteiger partial charge in [0.2, 0.25) is 0 Å². The summed E-state index contributed by atoms with van der Waals surface area (Å²) in [6.07, 6.45) is 3.68. The molecule has 6 nitrogen and oxygen atoms in total. The summed E-state index contributed by atoms with van der Waals surface area (Å²) in [4.78, 5) is 15.8. The zero-order valence-electron chi connectivity index (χ0n) is 13.2. The molecule has 0 aliphatic heterocycles. The molecule has 3 aromatic heterocycles. The summed E-state index contributed by atoms with van der Waals surface area (Å²) < 4.78 is 17.7. The fourth-order valence-electron chi connectivity index (χ4n) is 2.78. The maximum absolute atomic E-state index is 14.4. The van der Waals surface area contributed by atoms with Crippen LogP contribution >= 0.6 is 0 Å². The Morgan fingerprint density at radius 1 is 1.25 bits per heavy atom. The number of Topliss-reactive ketones (excluding diaryl/α,β-unsaturated/α-hetero) is 1. The lowest BCUT2D eigenvalue weighted by molar-refractivity contribution is 0.101. The highest BCUT2D eigenvalue weighted by atomic mass is 19.1. The van der Waals surface area contributed by atoms with E-state index in [0.717, 1.165) is 16.6 Å². The summed E-state index contributed by atoms with van der Waals surface area (Å²) >= 11 is 0. The summed E-state index contributed by atoms with van der Waals surface area (Å²) in [7, 11) is 1.78. The normalized spacial score (nSPS) is 11.5. The molecule has 0 spiro atoms. The zero-order chi connectivity index (χ0) is 16.8. The second-order valence-electron chi connectivity index (χ2n) is 5.74. The Kier molecular flexibility index (Phi) is 3.16. The van der Waals surface area contributed by atoms with E-state index in [4.69, 9.17) is 0 Å². The van der Waals surface area contributed by atoms with Crippen molar-refractivity contribution in [3.8, 4) is 0 Å². The average Bonchev–Trinajstić information content (AvgIpc) is 3.12. The van der Waals surface area contributed by atoms with Crippen molar-refractivity contribution in [2.75, 3.05) is 0 Å². The van der Waals surface area contributed by atoms with Gasteiger partial charge < -0.3 is 0 Å². The van der Waals surface area contributed by atoms with E-state index in [2.05, 4.69) is 15.2 Å². The van der Waals surface area contributed by atoms with Crippen LogP contribution in [0.25, 0.3) is 16.6 Å². The van der Waals surface area contributed by atoms with Gasteiger partial charge in [0.1, 0.15) is 11.5 Å². The SMILES string of the molecule is CC(=O)c1ccc2ncc(Cc3cc4cnn(C)c4cc3F)n2n1. The molecule has 1 aromatic carbocycles. The fourth-order valence-corrected chi connectivity index (χ4v) is 2.78. The number of ketones is 1. The molecule has 0 N–H and O–H groups in total. The van der Waals surface area contributed by atoms with Gasteiger partial charge >= 0.3 is 0 Å². The van der Waals surface area contributed by atoms with Gasteiger partial charge in [-0.2, -0.15) is 10.2 Å². The third kappa shape index (κ3) is 2.25. The number of fused-ring (bicyclic) bond motifs is 2. The number of carbonyl (C=O) groups excluding carboxylic acids is 1. The Hall–Kier alpha value is -3.09. The second-order valence-corrected chi connectivity index (χ2v) is 5.74. The first-order chi connectivity index (χ1) is 11.5. The van der Waals surface area contributed by atoms with Gasteiger partial charge in [0, 0.05) is 31.8 Å². The van der Waals surface area contributed by atoms with E-state index >= 15 is 0 Å². The lowest BCUT2D eigenvalue weighted by atomic mass is 10.1. The maximum Gasteiger partial charge on any atom is 0.179 e. The first-order valence-corrected chi connectivity index (χ1v) is 7.47. The molecule has 24 heavy (non-hydrogen) atoms. The Morgan fingerprint density at radius 2 is 2.08 bits per heavy atom. The summed E-state index contributed by atoms with van der Waals surface area (Å²) in [5, 5.41) is 9.31. The van der Waals surface area contributed by atoms with Crippen molar-refractivity contribution >= 4 is 22.3 Å². The molecular weight excluding hydrogens is 309 g/mol. The minimum absolute atomic E-state index is 0.125. The lowest BCUT2D eigenvalue weighted by Gasteiger charge is -2.05. The number of carbonyl (C=O) groups is 1. The highest BCUT2D eigenvalue weighted by Crippen LogP contribution is 2.21. The predicted molar refractivity (Wildman–Crippen MR) is 86.5 cm³/mol. The highest BCUT2D eigenvalue weighted by molar-refractivity contribution is 5.92. The molecular formula is C17H14FN5O. The van der Waals surface area contributed by atoms with Gasteiger partial charge in [-0.3, -0.25) is 9.48 Å². The molecule has 3 heterocycles. The molecule has 0 atom stereocenters. The van der Waals surface area contributed by atoms with Crippen LogP contribution in [-0.2, 0) is 13.5 Å². The number of aryl methyl sites for hydroxylation is 1. The second kappa shape index (κ2) is 5.23. The smallest absolute Gasteiger partial charge is 0.179 e. The Labute approximate surface area is 136 Å². The van der Waals surface area contributed by atoms with Gasteiger partial charge in [-0.25, -0.2) is 13.9 Å². The van der Waals surface area contributed by atoms with E-state index in [1.54, 1.807) is 46.8 Å². The highest BCUT2D eigenvalue weighted by Gasteiger charge is 2.13. The molecule has 0 saturated carbocycles. The summed E-state index contributed by atoms with van der Waals surface area (Å²) in [5.41, 5.74) is 2.97. The summed E-state index contributed by atoms with van der Waals surface area (Å²) in [6.45, 7) is 1.46. The van der Waals surface area contributed by atoms with Crippen LogP contribution in [0, 0.1) is 5.82 Å². The summed E-state index contributed by atoms with van der Waals surface area (Å²) in [5.74, 6) is -0.428. The molecule has 120 valence electrons. The molecule has 0 amide bonds. The number of aromatic nitrogens is 5. The van der Waals surface area contributed by atoms with Crippen LogP contribution in [0.3, 0.4) is 0 Å². The molecule has 7 heteroatoms. The third-order valence-corrected chi connectivity index (χ3v) is 4.08. The van der Waals surface area contributed by atoms with Crippen molar-refractivity contribution in [2.24, 2.45) is 7.05 Å². The number of nitrogens with zero attached hydrogens (tertiary/aromatic N) is 5. The number of hydrogen-bond donors (Lipinski definition) is 0. The Balaban J connectivity index is 1.80. The molecule has 0 saturated heterocycles. The van der Waals surface area contributed by atoms with Gasteiger partial charge in [0.15, 0.2) is 11.4 Å². The quantitative estimate of drug-likeness (QED) is 0.544. The van der Waals surface area contributed by atoms with Crippen molar-refractivity contribution in [3.05, 3.63) is 59.4 Å². The zero-order valence-corrected chi connectivity index (χ0v) is 13.2. The van der Waals surface area contributed by atoms with E-state index in [1.807, 2.05) is 0 Å². The molecule has 4 aromatic rings. The molecule has 0 unspecified atom stereocenters. The van der Waals surface area contributed by atoms with Crippen LogP contribution in [0.4, 0.5) is 4.39 Å². The molecule has 0 bridgehead atoms. The number of imidazole rings is 1. The monoisotopic (exact) mass is 323 g/mol. The van der Waals surface area contributed by atoms with Crippen molar-refractivity contribution in [1.29, 1.82) is 0 Å². The predicted octanol–water partition coefficient (Wildman–Crippen LogP) is 2.55. The first-order valence-electron chi connectivity index (χ1n) is 7.47. The van der Waals surface area contributed by atoms with E-state index in [9.17, 15) is 9.18 Å². The van der Waals surface area contributed by atoms with Crippen molar-refractivity contribution < 1.29 is 9.18 Å². The Morgan fingerprint density at radius 3 is 2.88 bits per heavy atom. The van der Waals surface area contributed by atoms with Gasteiger partial charge in [-0.1, -0.05) is 0 Å². The molecule has 4 rings (SSSR count). The van der Waals surface area contributed by atoms with E-state index in [0.29, 0.717) is 23.3 Å². The van der Waals surface area contributed by atoms with Gasteiger partial charge in [-0.05, 0) is 23.8 Å². The number of hydrogen-bond acceptors (Lipinski definition) is 4. The standard InChI is InChI=1S/C17H14FN5O/c1-10(24)15-3-4-17-19-9-13(23(17)21-15)6-11-5-12-8-20-22(2)16(12)7-14(11)18/h3-5,7-9H,6H2,1-2H3. The van der Waals surface area contributed by atoms with Crippen LogP contribution in [0.5, 0.6) is 0 Å². The number of rotatable bonds is 3. The van der Waals surface area contributed by atoms with Crippen LogP contribution in [-0.4, -0.2) is 30.2 Å². The topological polar surface area (TPSA) is 65.1 Å². The van der Waals surface area contributed by atoms with Gasteiger partial charge in [0.25, 0.3) is 0 Å². The number of halogens is 1. The third-order valence-electron chi connectivity index (χ3n) is 4.08. The van der Waals surface area contributed by atoms with E-state index < -0.39 is 0 Å². The van der Waals surface area contributed by atoms with Crippen LogP contribution < -0.4 is 0 Å². The lowest BCUT2D eigenvalue weighted by Crippen LogP contribution is -2.05. The van der Waals surface area contributed by atoms with Gasteiger partial charge in [-0.15, -0.1) is 0 Å². The first kappa shape index (κ1) is 14.5. The molecule has 0 fully saturated rings. The maximum atomic E-state index is 14.4. The molecule has 0 aliphatic carbocycles. The van der Waals surface area contributed by atoms with Crippen molar-refractivity contribution in [2.45, 2.75) is 13.3 Å². The fraction of sp³-hybridized carbons (Fsp3) is 0.176. The van der Waals surface area contributed by atoms with Crippen LogP contribution in [0.1, 0.15) is 28.7 Å². The molecule has 0 radical (unpaired) electrons. The molecule has 0 aliphatic rings. The largest absolute Gasteiger partial charge is 0.293 e. The minimum Gasteiger partial charge on any atom is -0.293 e. The van der Waals surface area contributed by atoms with Crippen molar-refractivity contribution in [3.63, 3.8) is 0 Å². The van der Waals surface area contributed by atoms with E-state index in [1.165, 1.54) is 13.0 Å².